The van der Waals surface area contributed by atoms with E-state index in [1.165, 1.54) is 25.3 Å². The molecule has 0 aromatic heterocycles. The Balaban J connectivity index is 2.36. The number of methoxy groups -OCH3 is 1. The predicted molar refractivity (Wildman–Crippen MR) is 77.0 cm³/mol. The first-order valence-corrected chi connectivity index (χ1v) is 6.18. The van der Waals surface area contributed by atoms with Gasteiger partial charge in [0.25, 0.3) is 0 Å². The van der Waals surface area contributed by atoms with Gasteiger partial charge in [0.05, 0.1) is 18.4 Å². The van der Waals surface area contributed by atoms with Gasteiger partial charge < -0.3 is 14.9 Å². The van der Waals surface area contributed by atoms with E-state index in [9.17, 15) is 14.7 Å². The second kappa shape index (κ2) is 6.49. The van der Waals surface area contributed by atoms with Crippen LogP contribution in [0.5, 0.6) is 5.75 Å². The van der Waals surface area contributed by atoms with Crippen molar-refractivity contribution >= 4 is 23.3 Å². The van der Waals surface area contributed by atoms with Crippen molar-refractivity contribution in [2.75, 3.05) is 7.11 Å². The average Bonchev–Trinajstić information content (AvgIpc) is 2.53. The highest BCUT2D eigenvalue weighted by molar-refractivity contribution is 5.94. The lowest BCUT2D eigenvalue weighted by Crippen LogP contribution is -2.00. The number of carbonyl (C=O) groups is 2. The molecule has 0 saturated carbocycles. The number of rotatable bonds is 4. The van der Waals surface area contributed by atoms with Gasteiger partial charge in [0, 0.05) is 0 Å². The maximum atomic E-state index is 11.6. The van der Waals surface area contributed by atoms with E-state index < -0.39 is 11.9 Å². The molecule has 112 valence electrons. The zero-order chi connectivity index (χ0) is 16.1. The van der Waals surface area contributed by atoms with Gasteiger partial charge in [0.1, 0.15) is 17.0 Å². The Bertz CT molecular complexity index is 755. The van der Waals surface area contributed by atoms with Crippen molar-refractivity contribution in [3.05, 3.63) is 53.6 Å². The van der Waals surface area contributed by atoms with E-state index in [-0.39, 0.29) is 22.6 Å². The molecule has 7 heteroatoms. The lowest BCUT2D eigenvalue weighted by molar-refractivity contribution is 0.0600. The molecular formula is C15H12N2O5. The van der Waals surface area contributed by atoms with Gasteiger partial charge in [0.2, 0.25) is 0 Å². The fourth-order valence-electron chi connectivity index (χ4n) is 1.71. The largest absolute Gasteiger partial charge is 0.507 e. The Kier molecular flexibility index (Phi) is 4.47. The van der Waals surface area contributed by atoms with Crippen LogP contribution in [0.15, 0.2) is 52.7 Å². The molecule has 0 spiro atoms. The molecule has 0 bridgehead atoms. The Morgan fingerprint density at radius 1 is 1.05 bits per heavy atom. The van der Waals surface area contributed by atoms with Crippen LogP contribution in [0, 0.1) is 0 Å². The number of benzene rings is 2. The van der Waals surface area contributed by atoms with E-state index >= 15 is 0 Å². The molecule has 0 aliphatic rings. The fraction of sp³-hybridized carbons (Fsp3) is 0.0667. The third-order valence-corrected chi connectivity index (χ3v) is 2.79. The van der Waals surface area contributed by atoms with Crippen LogP contribution < -0.4 is 0 Å². The van der Waals surface area contributed by atoms with Gasteiger partial charge in [-0.2, -0.15) is 5.11 Å². The van der Waals surface area contributed by atoms with Crippen LogP contribution in [0.25, 0.3) is 0 Å². The van der Waals surface area contributed by atoms with Crippen LogP contribution in [-0.4, -0.2) is 29.3 Å². The molecule has 2 N–H and O–H groups in total. The zero-order valence-corrected chi connectivity index (χ0v) is 11.6. The molecule has 0 heterocycles. The molecule has 0 aliphatic heterocycles. The number of carboxylic acid groups (broad SMARTS) is 1. The number of hydrogen-bond donors (Lipinski definition) is 2. The van der Waals surface area contributed by atoms with Crippen LogP contribution in [0.1, 0.15) is 20.7 Å². The number of phenols is 1. The van der Waals surface area contributed by atoms with Crippen molar-refractivity contribution in [1.82, 2.24) is 0 Å². The molecule has 0 radical (unpaired) electrons. The number of carboxylic acids is 1. The lowest BCUT2D eigenvalue weighted by atomic mass is 10.2. The van der Waals surface area contributed by atoms with Gasteiger partial charge in [-0.3, -0.25) is 0 Å². The summed E-state index contributed by atoms with van der Waals surface area (Å²) in [5, 5.41) is 26.2. The average molecular weight is 300 g/mol. The van der Waals surface area contributed by atoms with Crippen molar-refractivity contribution in [2.24, 2.45) is 10.2 Å². The standard InChI is InChI=1S/C15H12N2O5/c1-22-15(21)10-4-2-3-5-12(10)17-16-9-6-7-13(18)11(8-9)14(19)20/h2-8,18H,1H3,(H,19,20). The highest BCUT2D eigenvalue weighted by Crippen LogP contribution is 2.26. The first-order valence-electron chi connectivity index (χ1n) is 6.18. The van der Waals surface area contributed by atoms with Gasteiger partial charge in [-0.25, -0.2) is 9.59 Å². The minimum Gasteiger partial charge on any atom is -0.507 e. The van der Waals surface area contributed by atoms with Crippen molar-refractivity contribution in [1.29, 1.82) is 0 Å². The number of esters is 1. The number of aromatic carboxylic acids is 1. The lowest BCUT2D eigenvalue weighted by Gasteiger charge is -2.02. The first-order chi connectivity index (χ1) is 10.5. The summed E-state index contributed by atoms with van der Waals surface area (Å²) in [6, 6.07) is 10.3. The summed E-state index contributed by atoms with van der Waals surface area (Å²) in [7, 11) is 1.26. The number of ether oxygens (including phenoxy) is 1. The molecule has 0 unspecified atom stereocenters. The summed E-state index contributed by atoms with van der Waals surface area (Å²) in [5.41, 5.74) is 0.484. The topological polar surface area (TPSA) is 109 Å². The van der Waals surface area contributed by atoms with Crippen LogP contribution in [0.2, 0.25) is 0 Å². The minimum atomic E-state index is -1.27. The molecule has 2 aromatic rings. The molecule has 0 aliphatic carbocycles. The smallest absolute Gasteiger partial charge is 0.340 e. The highest BCUT2D eigenvalue weighted by Gasteiger charge is 2.12. The van der Waals surface area contributed by atoms with Gasteiger partial charge >= 0.3 is 11.9 Å². The number of azo groups is 1. The van der Waals surface area contributed by atoms with E-state index in [0.29, 0.717) is 5.69 Å². The maximum absolute atomic E-state index is 11.6. The SMILES string of the molecule is COC(=O)c1ccccc1N=Nc1ccc(O)c(C(=O)O)c1. The molecule has 22 heavy (non-hydrogen) atoms. The normalized spacial score (nSPS) is 10.6. The number of aromatic hydroxyl groups is 1. The Morgan fingerprint density at radius 3 is 2.45 bits per heavy atom. The summed E-state index contributed by atoms with van der Waals surface area (Å²) >= 11 is 0. The monoisotopic (exact) mass is 300 g/mol. The molecule has 0 fully saturated rings. The third kappa shape index (κ3) is 3.26. The second-order valence-electron chi connectivity index (χ2n) is 4.22. The van der Waals surface area contributed by atoms with Crippen LogP contribution >= 0.6 is 0 Å². The summed E-state index contributed by atoms with van der Waals surface area (Å²) in [5.74, 6) is -2.18. The molecule has 7 nitrogen and oxygen atoms in total. The summed E-state index contributed by atoms with van der Waals surface area (Å²) in [6.07, 6.45) is 0. The van der Waals surface area contributed by atoms with Gasteiger partial charge in [0.15, 0.2) is 0 Å². The Labute approximate surface area is 125 Å². The zero-order valence-electron chi connectivity index (χ0n) is 11.6. The molecule has 0 saturated heterocycles. The first kappa shape index (κ1) is 15.2. The molecular weight excluding hydrogens is 288 g/mol. The van der Waals surface area contributed by atoms with Gasteiger partial charge in [-0.1, -0.05) is 12.1 Å². The number of carbonyl (C=O) groups excluding carboxylic acids is 1. The third-order valence-electron chi connectivity index (χ3n) is 2.79. The Hall–Kier alpha value is -3.22. The summed E-state index contributed by atoms with van der Waals surface area (Å²) in [4.78, 5) is 22.5. The molecule has 2 rings (SSSR count). The quantitative estimate of drug-likeness (QED) is 0.665. The van der Waals surface area contributed by atoms with E-state index in [1.54, 1.807) is 24.3 Å². The van der Waals surface area contributed by atoms with Crippen molar-refractivity contribution in [3.63, 3.8) is 0 Å². The van der Waals surface area contributed by atoms with E-state index in [0.717, 1.165) is 0 Å². The predicted octanol–water partition coefficient (Wildman–Crippen LogP) is 3.29. The van der Waals surface area contributed by atoms with Crippen molar-refractivity contribution in [2.45, 2.75) is 0 Å². The minimum absolute atomic E-state index is 0.231. The summed E-state index contributed by atoms with van der Waals surface area (Å²) in [6.45, 7) is 0. The van der Waals surface area contributed by atoms with Crippen molar-refractivity contribution < 1.29 is 24.5 Å². The number of nitrogens with zero attached hydrogens (tertiary/aromatic N) is 2. The van der Waals surface area contributed by atoms with Crippen LogP contribution in [0.4, 0.5) is 11.4 Å². The fourth-order valence-corrected chi connectivity index (χ4v) is 1.71. The van der Waals surface area contributed by atoms with Gasteiger partial charge in [-0.15, -0.1) is 5.11 Å². The second-order valence-corrected chi connectivity index (χ2v) is 4.22. The molecule has 0 atom stereocenters. The molecule has 2 aromatic carbocycles. The Morgan fingerprint density at radius 2 is 1.77 bits per heavy atom. The van der Waals surface area contributed by atoms with E-state index in [2.05, 4.69) is 15.0 Å². The van der Waals surface area contributed by atoms with Crippen LogP contribution in [-0.2, 0) is 4.74 Å². The van der Waals surface area contributed by atoms with E-state index in [1.807, 2.05) is 0 Å². The van der Waals surface area contributed by atoms with E-state index in [4.69, 9.17) is 5.11 Å². The van der Waals surface area contributed by atoms with Crippen LogP contribution in [0.3, 0.4) is 0 Å². The summed E-state index contributed by atoms with van der Waals surface area (Å²) < 4.78 is 4.64. The van der Waals surface area contributed by atoms with Crippen molar-refractivity contribution in [3.8, 4) is 5.75 Å². The molecule has 0 amide bonds. The highest BCUT2D eigenvalue weighted by atomic mass is 16.5. The number of hydrogen-bond acceptors (Lipinski definition) is 6. The maximum Gasteiger partial charge on any atom is 0.340 e. The van der Waals surface area contributed by atoms with Gasteiger partial charge in [-0.05, 0) is 30.3 Å².